The minimum Gasteiger partial charge on any atom is -0.388 e. The molecule has 3 heteroatoms. The fourth-order valence-electron chi connectivity index (χ4n) is 2.74. The summed E-state index contributed by atoms with van der Waals surface area (Å²) in [7, 11) is -1.33. The number of hydrogen-bond donors (Lipinski definition) is 0. The maximum atomic E-state index is 5.61. The van der Waals surface area contributed by atoms with Crippen molar-refractivity contribution in [1.82, 2.24) is 0 Å². The maximum Gasteiger partial charge on any atom is 0.151 e. The van der Waals surface area contributed by atoms with Crippen LogP contribution in [0.25, 0.3) is 0 Å². The second-order valence-electron chi connectivity index (χ2n) is 8.28. The second kappa shape index (κ2) is 6.41. The number of benzene rings is 1. The van der Waals surface area contributed by atoms with Gasteiger partial charge >= 0.3 is 0 Å². The van der Waals surface area contributed by atoms with Gasteiger partial charge in [-0.3, -0.25) is 0 Å². The fourth-order valence-corrected chi connectivity index (χ4v) is 4.62. The van der Waals surface area contributed by atoms with Crippen LogP contribution in [0, 0.1) is 5.41 Å². The summed E-state index contributed by atoms with van der Waals surface area (Å²) < 4.78 is 0. The van der Waals surface area contributed by atoms with E-state index in [1.54, 1.807) is 0 Å². The monoisotopic (exact) mass is 315 g/mol. The topological polar surface area (TPSA) is 21.6 Å². The quantitative estimate of drug-likeness (QED) is 0.539. The molecule has 2 rings (SSSR count). The summed E-state index contributed by atoms with van der Waals surface area (Å²) in [5.41, 5.74) is 3.18. The van der Waals surface area contributed by atoms with Crippen molar-refractivity contribution in [2.45, 2.75) is 58.5 Å². The van der Waals surface area contributed by atoms with Crippen LogP contribution in [-0.2, 0) is 4.84 Å². The zero-order chi connectivity index (χ0) is 16.4. The molecule has 1 aliphatic rings. The lowest BCUT2D eigenvalue weighted by atomic mass is 9.87. The molecule has 0 unspecified atom stereocenters. The van der Waals surface area contributed by atoms with Gasteiger partial charge in [-0.15, -0.1) is 0 Å². The van der Waals surface area contributed by atoms with Gasteiger partial charge in [-0.2, -0.15) is 0 Å². The molecule has 0 radical (unpaired) electrons. The highest BCUT2D eigenvalue weighted by atomic mass is 28.3. The fraction of sp³-hybridized carbons (Fsp3) is 0.526. The number of nitrogens with zero attached hydrogens (tertiary/aromatic N) is 1. The van der Waals surface area contributed by atoms with Crippen LogP contribution < -0.4 is 0 Å². The van der Waals surface area contributed by atoms with Crippen molar-refractivity contribution >= 4 is 13.8 Å². The Hall–Kier alpha value is -1.35. The highest BCUT2D eigenvalue weighted by Crippen LogP contribution is 2.30. The Labute approximate surface area is 136 Å². The highest BCUT2D eigenvalue weighted by Gasteiger charge is 2.30. The van der Waals surface area contributed by atoms with Gasteiger partial charge in [-0.25, -0.2) is 0 Å². The van der Waals surface area contributed by atoms with Gasteiger partial charge in [0.25, 0.3) is 0 Å². The van der Waals surface area contributed by atoms with Gasteiger partial charge in [0.15, 0.2) is 6.10 Å². The summed E-state index contributed by atoms with van der Waals surface area (Å²) in [6.45, 7) is 13.8. The van der Waals surface area contributed by atoms with Crippen LogP contribution in [0.15, 0.2) is 47.6 Å². The molecule has 1 heterocycles. The van der Waals surface area contributed by atoms with Crippen LogP contribution in [0.1, 0.15) is 38.3 Å². The summed E-state index contributed by atoms with van der Waals surface area (Å²) in [4.78, 5) is 5.61. The molecule has 0 saturated heterocycles. The third-order valence-corrected chi connectivity index (χ3v) is 6.56. The highest BCUT2D eigenvalue weighted by molar-refractivity contribution is 6.78. The lowest BCUT2D eigenvalue weighted by Gasteiger charge is -2.27. The minimum atomic E-state index is -1.33. The molecule has 0 saturated carbocycles. The summed E-state index contributed by atoms with van der Waals surface area (Å²) in [5.74, 6) is 0. The van der Waals surface area contributed by atoms with Gasteiger partial charge in [0.1, 0.15) is 0 Å². The van der Waals surface area contributed by atoms with Crippen molar-refractivity contribution in [3.63, 3.8) is 0 Å². The Morgan fingerprint density at radius 1 is 1.18 bits per heavy atom. The van der Waals surface area contributed by atoms with Gasteiger partial charge in [0, 0.05) is 11.8 Å². The lowest BCUT2D eigenvalue weighted by Crippen LogP contribution is -2.30. The zero-order valence-corrected chi connectivity index (χ0v) is 15.8. The number of hydrogen-bond acceptors (Lipinski definition) is 2. The maximum absolute atomic E-state index is 5.61. The molecule has 0 N–H and O–H groups in total. The molecule has 0 aliphatic carbocycles. The number of allylic oxidation sites excluding steroid dienone is 1. The molecule has 0 spiro atoms. The molecule has 2 atom stereocenters. The van der Waals surface area contributed by atoms with Gasteiger partial charge < -0.3 is 4.84 Å². The first-order valence-corrected chi connectivity index (χ1v) is 11.7. The largest absolute Gasteiger partial charge is 0.388 e. The molecule has 1 aliphatic heterocycles. The molecular formula is C19H29NOSi. The predicted octanol–water partition coefficient (Wildman–Crippen LogP) is 5.39. The van der Waals surface area contributed by atoms with E-state index in [0.29, 0.717) is 5.54 Å². The number of oxime groups is 1. The Bertz CT molecular complexity index is 549. The van der Waals surface area contributed by atoms with Gasteiger partial charge in [0.2, 0.25) is 0 Å². The molecule has 0 bridgehead atoms. The van der Waals surface area contributed by atoms with Crippen molar-refractivity contribution in [3.8, 4) is 0 Å². The average molecular weight is 316 g/mol. The summed E-state index contributed by atoms with van der Waals surface area (Å²) >= 11 is 0. The molecule has 0 fully saturated rings. The Morgan fingerprint density at radius 3 is 2.32 bits per heavy atom. The average Bonchev–Trinajstić information content (AvgIpc) is 2.87. The van der Waals surface area contributed by atoms with E-state index in [4.69, 9.17) is 4.84 Å². The third-order valence-electron chi connectivity index (χ3n) is 4.17. The predicted molar refractivity (Wildman–Crippen MR) is 98.0 cm³/mol. The Balaban J connectivity index is 2.10. The van der Waals surface area contributed by atoms with Gasteiger partial charge in [-0.05, 0) is 17.2 Å². The van der Waals surface area contributed by atoms with Crippen LogP contribution in [0.3, 0.4) is 0 Å². The second-order valence-corrected chi connectivity index (χ2v) is 13.6. The molecule has 120 valence electrons. The first-order valence-electron chi connectivity index (χ1n) is 8.14. The minimum absolute atomic E-state index is 0.0942. The molecule has 0 amide bonds. The van der Waals surface area contributed by atoms with E-state index >= 15 is 0 Å². The van der Waals surface area contributed by atoms with Crippen molar-refractivity contribution in [2.24, 2.45) is 10.6 Å². The molecular weight excluding hydrogens is 286 g/mol. The zero-order valence-electron chi connectivity index (χ0n) is 14.8. The Kier molecular flexibility index (Phi) is 4.96. The van der Waals surface area contributed by atoms with Crippen LogP contribution >= 0.6 is 0 Å². The van der Waals surface area contributed by atoms with Crippen LogP contribution in [0.5, 0.6) is 0 Å². The molecule has 2 nitrogen and oxygen atoms in total. The lowest BCUT2D eigenvalue weighted by molar-refractivity contribution is 0.119. The molecule has 22 heavy (non-hydrogen) atoms. The van der Waals surface area contributed by atoms with E-state index in [9.17, 15) is 0 Å². The number of rotatable bonds is 4. The molecule has 1 aromatic rings. The summed E-state index contributed by atoms with van der Waals surface area (Å²) in [6.07, 6.45) is 5.58. The van der Waals surface area contributed by atoms with Crippen molar-refractivity contribution in [1.29, 1.82) is 0 Å². The van der Waals surface area contributed by atoms with Crippen molar-refractivity contribution in [2.75, 3.05) is 0 Å². The van der Waals surface area contributed by atoms with Gasteiger partial charge in [-0.1, -0.05) is 82.0 Å². The van der Waals surface area contributed by atoms with Crippen LogP contribution in [0.4, 0.5) is 0 Å². The first-order chi connectivity index (χ1) is 10.2. The Morgan fingerprint density at radius 2 is 1.82 bits per heavy atom. The van der Waals surface area contributed by atoms with Crippen LogP contribution in [-0.4, -0.2) is 19.9 Å². The summed E-state index contributed by atoms with van der Waals surface area (Å²) in [6, 6.07) is 10.8. The van der Waals surface area contributed by atoms with E-state index in [0.717, 1.165) is 12.1 Å². The van der Waals surface area contributed by atoms with Crippen molar-refractivity contribution in [3.05, 3.63) is 48.0 Å². The molecule has 1 aromatic carbocycles. The van der Waals surface area contributed by atoms with Crippen molar-refractivity contribution < 1.29 is 4.84 Å². The van der Waals surface area contributed by atoms with E-state index in [2.05, 4.69) is 88.1 Å². The van der Waals surface area contributed by atoms with Gasteiger partial charge in [0.05, 0.1) is 13.8 Å². The SMILES string of the molecule is CC(C)(C)C1=NO[C@H](/C=C\[C@@H](c2ccccc2)[Si](C)(C)C)C1. The van der Waals surface area contributed by atoms with E-state index in [1.807, 2.05) is 0 Å². The standard InChI is InChI=1S/C19H29NOSi/c1-19(2,3)18-14-16(21-20-18)12-13-17(22(4,5)6)15-10-8-7-9-11-15/h7-13,16-17H,14H2,1-6H3/b13-12-/t16-,17+/m1/s1. The van der Waals surface area contributed by atoms with Crippen LogP contribution in [0.2, 0.25) is 19.6 Å². The van der Waals surface area contributed by atoms with E-state index < -0.39 is 8.07 Å². The molecule has 0 aromatic heterocycles. The third kappa shape index (κ3) is 4.32. The summed E-state index contributed by atoms with van der Waals surface area (Å²) in [5, 5.41) is 4.28. The van der Waals surface area contributed by atoms with E-state index in [-0.39, 0.29) is 11.5 Å². The first kappa shape index (κ1) is 17.0. The smallest absolute Gasteiger partial charge is 0.151 e. The normalized spacial score (nSPS) is 20.8. The van der Waals surface area contributed by atoms with E-state index in [1.165, 1.54) is 5.56 Å².